The lowest BCUT2D eigenvalue weighted by Crippen LogP contribution is -2.38. The molecular formula is C14H22ClN3O2S. The van der Waals surface area contributed by atoms with Crippen molar-refractivity contribution in [2.24, 2.45) is 5.92 Å². The number of nitrogen functional groups attached to an aromatic ring is 1. The van der Waals surface area contributed by atoms with Gasteiger partial charge in [0.15, 0.2) is 0 Å². The van der Waals surface area contributed by atoms with E-state index >= 15 is 0 Å². The first kappa shape index (κ1) is 16.5. The van der Waals surface area contributed by atoms with Crippen LogP contribution in [0, 0.1) is 5.92 Å². The van der Waals surface area contributed by atoms with Crippen LogP contribution in [-0.2, 0) is 10.0 Å². The second kappa shape index (κ2) is 6.52. The molecule has 0 bridgehead atoms. The molecule has 0 unspecified atom stereocenters. The number of nitrogens with zero attached hydrogens (tertiary/aromatic N) is 2. The fourth-order valence-electron chi connectivity index (χ4n) is 2.66. The molecule has 7 heteroatoms. The van der Waals surface area contributed by atoms with Crippen LogP contribution in [0.4, 0.5) is 5.69 Å². The molecule has 0 atom stereocenters. The zero-order valence-electron chi connectivity index (χ0n) is 12.4. The number of anilines is 1. The predicted molar refractivity (Wildman–Crippen MR) is 85.9 cm³/mol. The molecule has 1 saturated heterocycles. The summed E-state index contributed by atoms with van der Waals surface area (Å²) in [5.74, 6) is 0.379. The van der Waals surface area contributed by atoms with Crippen molar-refractivity contribution in [3.8, 4) is 0 Å². The highest BCUT2D eigenvalue weighted by molar-refractivity contribution is 7.89. The quantitative estimate of drug-likeness (QED) is 0.855. The van der Waals surface area contributed by atoms with E-state index in [0.29, 0.717) is 12.5 Å². The summed E-state index contributed by atoms with van der Waals surface area (Å²) >= 11 is 6.03. The number of rotatable bonds is 4. The highest BCUT2D eigenvalue weighted by Crippen LogP contribution is 2.30. The fourth-order valence-corrected chi connectivity index (χ4v) is 4.53. The van der Waals surface area contributed by atoms with Gasteiger partial charge in [-0.25, -0.2) is 12.7 Å². The van der Waals surface area contributed by atoms with Crippen LogP contribution in [0.2, 0.25) is 5.02 Å². The van der Waals surface area contributed by atoms with Gasteiger partial charge in [0.2, 0.25) is 10.0 Å². The van der Waals surface area contributed by atoms with Gasteiger partial charge in [-0.05, 0) is 51.0 Å². The first-order chi connectivity index (χ1) is 9.82. The third-order valence-electron chi connectivity index (χ3n) is 4.02. The average Bonchev–Trinajstić information content (AvgIpc) is 2.40. The van der Waals surface area contributed by atoms with E-state index in [-0.39, 0.29) is 15.6 Å². The minimum Gasteiger partial charge on any atom is -0.398 e. The molecule has 0 saturated carbocycles. The van der Waals surface area contributed by atoms with Crippen LogP contribution in [-0.4, -0.2) is 51.4 Å². The van der Waals surface area contributed by atoms with E-state index in [9.17, 15) is 8.42 Å². The van der Waals surface area contributed by atoms with E-state index < -0.39 is 10.0 Å². The van der Waals surface area contributed by atoms with Crippen molar-refractivity contribution < 1.29 is 8.42 Å². The zero-order valence-corrected chi connectivity index (χ0v) is 14.0. The summed E-state index contributed by atoms with van der Waals surface area (Å²) < 4.78 is 26.7. The van der Waals surface area contributed by atoms with Crippen LogP contribution in [0.3, 0.4) is 0 Å². The molecule has 0 aliphatic carbocycles. The first-order valence-electron chi connectivity index (χ1n) is 7.01. The largest absolute Gasteiger partial charge is 0.398 e. The molecule has 2 N–H and O–H groups in total. The maximum atomic E-state index is 12.7. The van der Waals surface area contributed by atoms with Crippen LogP contribution < -0.4 is 5.73 Å². The van der Waals surface area contributed by atoms with Gasteiger partial charge in [-0.1, -0.05) is 17.7 Å². The summed E-state index contributed by atoms with van der Waals surface area (Å²) in [4.78, 5) is 2.28. The van der Waals surface area contributed by atoms with Gasteiger partial charge in [0, 0.05) is 13.6 Å². The number of benzene rings is 1. The standard InChI is InChI=1S/C14H22ClN3O2S/c1-17-8-6-11(7-9-17)10-18(2)21(19,20)14-12(15)4-3-5-13(14)16/h3-5,11H,6-10,16H2,1-2H3. The Balaban J connectivity index is 2.16. The van der Waals surface area contributed by atoms with Gasteiger partial charge >= 0.3 is 0 Å². The molecule has 2 rings (SSSR count). The lowest BCUT2D eigenvalue weighted by molar-refractivity contribution is 0.202. The van der Waals surface area contributed by atoms with Crippen molar-refractivity contribution in [2.45, 2.75) is 17.7 Å². The number of piperidine rings is 1. The van der Waals surface area contributed by atoms with Gasteiger partial charge in [0.25, 0.3) is 0 Å². The van der Waals surface area contributed by atoms with E-state index in [1.807, 2.05) is 0 Å². The SMILES string of the molecule is CN1CCC(CN(C)S(=O)(=O)c2c(N)cccc2Cl)CC1. The van der Waals surface area contributed by atoms with Crippen molar-refractivity contribution in [3.05, 3.63) is 23.2 Å². The molecule has 1 aliphatic heterocycles. The molecule has 1 fully saturated rings. The van der Waals surface area contributed by atoms with E-state index in [1.54, 1.807) is 25.2 Å². The minimum atomic E-state index is -3.65. The third-order valence-corrected chi connectivity index (χ3v) is 6.39. The Morgan fingerprint density at radius 3 is 2.57 bits per heavy atom. The molecule has 0 aromatic heterocycles. The lowest BCUT2D eigenvalue weighted by Gasteiger charge is -2.31. The van der Waals surface area contributed by atoms with Gasteiger partial charge in [0.1, 0.15) is 4.90 Å². The Labute approximate surface area is 131 Å². The normalized spacial score (nSPS) is 18.3. The molecule has 118 valence electrons. The molecule has 1 heterocycles. The van der Waals surface area contributed by atoms with Gasteiger partial charge in [0.05, 0.1) is 10.7 Å². The van der Waals surface area contributed by atoms with Crippen LogP contribution in [0.25, 0.3) is 0 Å². The summed E-state index contributed by atoms with van der Waals surface area (Å²) in [6, 6.07) is 4.75. The fraction of sp³-hybridized carbons (Fsp3) is 0.571. The number of halogens is 1. The Bertz CT molecular complexity index is 578. The number of sulfonamides is 1. The summed E-state index contributed by atoms with van der Waals surface area (Å²) in [6.45, 7) is 2.51. The molecule has 0 radical (unpaired) electrons. The molecule has 5 nitrogen and oxygen atoms in total. The second-order valence-electron chi connectivity index (χ2n) is 5.69. The molecule has 0 spiro atoms. The van der Waals surface area contributed by atoms with E-state index in [0.717, 1.165) is 25.9 Å². The summed E-state index contributed by atoms with van der Waals surface area (Å²) in [5.41, 5.74) is 5.99. The van der Waals surface area contributed by atoms with Crippen molar-refractivity contribution in [2.75, 3.05) is 39.5 Å². The van der Waals surface area contributed by atoms with Gasteiger partial charge in [-0.2, -0.15) is 0 Å². The number of hydrogen-bond donors (Lipinski definition) is 1. The first-order valence-corrected chi connectivity index (χ1v) is 8.83. The smallest absolute Gasteiger partial charge is 0.246 e. The molecule has 1 aliphatic rings. The maximum absolute atomic E-state index is 12.7. The molecule has 21 heavy (non-hydrogen) atoms. The number of likely N-dealkylation sites (tertiary alicyclic amines) is 1. The van der Waals surface area contributed by atoms with Crippen molar-refractivity contribution in [1.82, 2.24) is 9.21 Å². The Morgan fingerprint density at radius 2 is 2.00 bits per heavy atom. The number of hydrogen-bond acceptors (Lipinski definition) is 4. The van der Waals surface area contributed by atoms with Crippen LogP contribution in [0.15, 0.2) is 23.1 Å². The second-order valence-corrected chi connectivity index (χ2v) is 8.08. The molecule has 1 aromatic carbocycles. The van der Waals surface area contributed by atoms with Crippen LogP contribution >= 0.6 is 11.6 Å². The maximum Gasteiger partial charge on any atom is 0.246 e. The third kappa shape index (κ3) is 3.69. The van der Waals surface area contributed by atoms with Crippen molar-refractivity contribution >= 4 is 27.3 Å². The van der Waals surface area contributed by atoms with E-state index in [4.69, 9.17) is 17.3 Å². The number of nitrogens with two attached hydrogens (primary N) is 1. The van der Waals surface area contributed by atoms with Gasteiger partial charge in [-0.3, -0.25) is 0 Å². The van der Waals surface area contributed by atoms with Crippen molar-refractivity contribution in [1.29, 1.82) is 0 Å². The minimum absolute atomic E-state index is 0.0158. The topological polar surface area (TPSA) is 66.6 Å². The van der Waals surface area contributed by atoms with Crippen LogP contribution in [0.5, 0.6) is 0 Å². The lowest BCUT2D eigenvalue weighted by atomic mass is 9.97. The molecule has 0 amide bonds. The predicted octanol–water partition coefficient (Wildman–Crippen LogP) is 1.88. The van der Waals surface area contributed by atoms with Crippen molar-refractivity contribution in [3.63, 3.8) is 0 Å². The monoisotopic (exact) mass is 331 g/mol. The summed E-state index contributed by atoms with van der Waals surface area (Å²) in [5, 5.41) is 0.172. The average molecular weight is 332 g/mol. The van der Waals surface area contributed by atoms with E-state index in [1.165, 1.54) is 4.31 Å². The highest BCUT2D eigenvalue weighted by Gasteiger charge is 2.28. The molecule has 1 aromatic rings. The Hall–Kier alpha value is -0.820. The zero-order chi connectivity index (χ0) is 15.6. The van der Waals surface area contributed by atoms with E-state index in [2.05, 4.69) is 11.9 Å². The Kier molecular flexibility index (Phi) is 5.14. The Morgan fingerprint density at radius 1 is 1.38 bits per heavy atom. The summed E-state index contributed by atoms with van der Waals surface area (Å²) in [7, 11) is 0.0277. The van der Waals surface area contributed by atoms with Gasteiger partial charge in [-0.15, -0.1) is 0 Å². The van der Waals surface area contributed by atoms with Crippen LogP contribution in [0.1, 0.15) is 12.8 Å². The summed E-state index contributed by atoms with van der Waals surface area (Å²) in [6.07, 6.45) is 2.02. The molecular weight excluding hydrogens is 310 g/mol. The highest BCUT2D eigenvalue weighted by atomic mass is 35.5. The van der Waals surface area contributed by atoms with Gasteiger partial charge < -0.3 is 10.6 Å².